The highest BCUT2D eigenvalue weighted by molar-refractivity contribution is 6.31. The van der Waals surface area contributed by atoms with Gasteiger partial charge in [-0.15, -0.1) is 0 Å². The maximum absolute atomic E-state index is 11.9. The maximum Gasteiger partial charge on any atom is 0.258 e. The van der Waals surface area contributed by atoms with Crippen LogP contribution in [0.1, 0.15) is 21.7 Å². The van der Waals surface area contributed by atoms with Crippen LogP contribution in [0.2, 0.25) is 5.02 Å². The third-order valence-electron chi connectivity index (χ3n) is 2.34. The van der Waals surface area contributed by atoms with Gasteiger partial charge in [0.1, 0.15) is 18.1 Å². The van der Waals surface area contributed by atoms with Gasteiger partial charge in [-0.3, -0.25) is 4.79 Å². The number of nitriles is 1. The van der Waals surface area contributed by atoms with Gasteiger partial charge in [0.25, 0.3) is 5.91 Å². The number of hydrogen-bond donors (Lipinski definition) is 1. The lowest BCUT2D eigenvalue weighted by molar-refractivity contribution is 0.102. The molecule has 2 aromatic rings. The summed E-state index contributed by atoms with van der Waals surface area (Å²) in [7, 11) is 0. The fourth-order valence-corrected chi connectivity index (χ4v) is 1.65. The van der Waals surface area contributed by atoms with Crippen LogP contribution in [-0.4, -0.2) is 5.91 Å². The van der Waals surface area contributed by atoms with Crippen molar-refractivity contribution in [1.29, 1.82) is 5.26 Å². The number of amides is 1. The molecule has 5 heteroatoms. The van der Waals surface area contributed by atoms with E-state index in [2.05, 4.69) is 5.32 Å². The molecule has 1 aromatic carbocycles. The molecule has 2 rings (SSSR count). The third kappa shape index (κ3) is 2.53. The molecule has 0 atom stereocenters. The number of furan rings is 1. The second-order valence-corrected chi connectivity index (χ2v) is 4.14. The zero-order chi connectivity index (χ0) is 13.1. The Kier molecular flexibility index (Phi) is 3.35. The van der Waals surface area contributed by atoms with Crippen molar-refractivity contribution in [3.8, 4) is 6.07 Å². The number of aryl methyl sites for hydroxylation is 1. The van der Waals surface area contributed by atoms with Gasteiger partial charge in [-0.1, -0.05) is 11.6 Å². The Balaban J connectivity index is 2.27. The second-order valence-electron chi connectivity index (χ2n) is 3.70. The van der Waals surface area contributed by atoms with Gasteiger partial charge in [-0.2, -0.15) is 5.26 Å². The topological polar surface area (TPSA) is 66.0 Å². The minimum atomic E-state index is -0.342. The van der Waals surface area contributed by atoms with Crippen molar-refractivity contribution in [3.05, 3.63) is 52.4 Å². The van der Waals surface area contributed by atoms with Gasteiger partial charge >= 0.3 is 0 Å². The molecule has 90 valence electrons. The molecule has 18 heavy (non-hydrogen) atoms. The summed E-state index contributed by atoms with van der Waals surface area (Å²) in [6, 6.07) is 8.29. The number of rotatable bonds is 2. The predicted octanol–water partition coefficient (Wildman–Crippen LogP) is 3.37. The minimum Gasteiger partial charge on any atom is -0.469 e. The van der Waals surface area contributed by atoms with Crippen molar-refractivity contribution >= 4 is 23.2 Å². The molecule has 0 bridgehead atoms. The van der Waals surface area contributed by atoms with Crippen LogP contribution in [-0.2, 0) is 0 Å². The van der Waals surface area contributed by atoms with Gasteiger partial charge in [0.15, 0.2) is 0 Å². The SMILES string of the molecule is Cc1cc(C(=O)Nc2cc(Cl)ccc2C#N)co1. The Morgan fingerprint density at radius 2 is 2.22 bits per heavy atom. The summed E-state index contributed by atoms with van der Waals surface area (Å²) in [5.41, 5.74) is 1.14. The van der Waals surface area contributed by atoms with Crippen LogP contribution in [0.15, 0.2) is 34.9 Å². The summed E-state index contributed by atoms with van der Waals surface area (Å²) < 4.78 is 5.05. The van der Waals surface area contributed by atoms with Crippen LogP contribution in [0.3, 0.4) is 0 Å². The molecular formula is C13H9ClN2O2. The number of anilines is 1. The minimum absolute atomic E-state index is 0.342. The molecule has 1 N–H and O–H groups in total. The van der Waals surface area contributed by atoms with Gasteiger partial charge in [-0.05, 0) is 31.2 Å². The second kappa shape index (κ2) is 4.94. The quantitative estimate of drug-likeness (QED) is 0.900. The molecular weight excluding hydrogens is 252 g/mol. The largest absolute Gasteiger partial charge is 0.469 e. The van der Waals surface area contributed by atoms with Crippen molar-refractivity contribution in [2.45, 2.75) is 6.92 Å². The third-order valence-corrected chi connectivity index (χ3v) is 2.58. The highest BCUT2D eigenvalue weighted by atomic mass is 35.5. The summed E-state index contributed by atoms with van der Waals surface area (Å²) in [6.45, 7) is 1.75. The first-order chi connectivity index (χ1) is 8.60. The molecule has 1 heterocycles. The monoisotopic (exact) mass is 260 g/mol. The number of hydrogen-bond acceptors (Lipinski definition) is 3. The molecule has 0 saturated heterocycles. The highest BCUT2D eigenvalue weighted by Gasteiger charge is 2.11. The molecule has 0 fully saturated rings. The average Bonchev–Trinajstić information content (AvgIpc) is 2.76. The standard InChI is InChI=1S/C13H9ClN2O2/c1-8-4-10(7-18-8)13(17)16-12-5-11(14)3-2-9(12)6-15/h2-5,7H,1H3,(H,16,17). The van der Waals surface area contributed by atoms with Gasteiger partial charge < -0.3 is 9.73 Å². The Morgan fingerprint density at radius 1 is 1.44 bits per heavy atom. The van der Waals surface area contributed by atoms with E-state index < -0.39 is 0 Å². The lowest BCUT2D eigenvalue weighted by atomic mass is 10.2. The van der Waals surface area contributed by atoms with Crippen LogP contribution in [0.4, 0.5) is 5.69 Å². The number of carbonyl (C=O) groups excluding carboxylic acids is 1. The van der Waals surface area contributed by atoms with Crippen LogP contribution in [0.5, 0.6) is 0 Å². The van der Waals surface area contributed by atoms with E-state index >= 15 is 0 Å². The molecule has 0 radical (unpaired) electrons. The van der Waals surface area contributed by atoms with E-state index in [1.807, 2.05) is 6.07 Å². The number of nitrogens with zero attached hydrogens (tertiary/aromatic N) is 1. The lowest BCUT2D eigenvalue weighted by Crippen LogP contribution is -2.11. The van der Waals surface area contributed by atoms with Crippen LogP contribution < -0.4 is 5.32 Å². The summed E-state index contributed by atoms with van der Waals surface area (Å²) >= 11 is 5.83. The summed E-state index contributed by atoms with van der Waals surface area (Å²) in [4.78, 5) is 11.9. The van der Waals surface area contributed by atoms with Crippen LogP contribution in [0, 0.1) is 18.3 Å². The van der Waals surface area contributed by atoms with Gasteiger partial charge in [0, 0.05) is 5.02 Å². The van der Waals surface area contributed by atoms with Crippen molar-refractivity contribution < 1.29 is 9.21 Å². The molecule has 0 aliphatic heterocycles. The smallest absolute Gasteiger partial charge is 0.258 e. The highest BCUT2D eigenvalue weighted by Crippen LogP contribution is 2.21. The molecule has 4 nitrogen and oxygen atoms in total. The Morgan fingerprint density at radius 3 is 2.83 bits per heavy atom. The Hall–Kier alpha value is -2.25. The fraction of sp³-hybridized carbons (Fsp3) is 0.0769. The molecule has 1 amide bonds. The van der Waals surface area contributed by atoms with Crippen LogP contribution >= 0.6 is 11.6 Å². The summed E-state index contributed by atoms with van der Waals surface area (Å²) in [5, 5.41) is 12.0. The summed E-state index contributed by atoms with van der Waals surface area (Å²) in [6.07, 6.45) is 1.36. The predicted molar refractivity (Wildman–Crippen MR) is 67.6 cm³/mol. The fourth-order valence-electron chi connectivity index (χ4n) is 1.47. The van der Waals surface area contributed by atoms with Crippen molar-refractivity contribution in [2.24, 2.45) is 0 Å². The van der Waals surface area contributed by atoms with Crippen molar-refractivity contribution in [2.75, 3.05) is 5.32 Å². The number of nitrogens with one attached hydrogen (secondary N) is 1. The molecule has 0 aliphatic carbocycles. The Bertz CT molecular complexity index is 641. The molecule has 0 saturated carbocycles. The number of carbonyl (C=O) groups is 1. The number of benzene rings is 1. The van der Waals surface area contributed by atoms with E-state index in [1.165, 1.54) is 12.3 Å². The van der Waals surface area contributed by atoms with Crippen molar-refractivity contribution in [3.63, 3.8) is 0 Å². The molecule has 0 aliphatic rings. The van der Waals surface area contributed by atoms with E-state index in [0.29, 0.717) is 27.6 Å². The van der Waals surface area contributed by atoms with Crippen LogP contribution in [0.25, 0.3) is 0 Å². The lowest BCUT2D eigenvalue weighted by Gasteiger charge is -2.05. The molecule has 0 spiro atoms. The van der Waals surface area contributed by atoms with E-state index in [1.54, 1.807) is 25.1 Å². The number of halogens is 1. The Labute approximate surface area is 109 Å². The van der Waals surface area contributed by atoms with E-state index in [9.17, 15) is 4.79 Å². The summed E-state index contributed by atoms with van der Waals surface area (Å²) in [5.74, 6) is 0.303. The molecule has 0 unspecified atom stereocenters. The van der Waals surface area contributed by atoms with Gasteiger partial charge in [-0.25, -0.2) is 0 Å². The van der Waals surface area contributed by atoms with Gasteiger partial charge in [0.2, 0.25) is 0 Å². The van der Waals surface area contributed by atoms with E-state index in [0.717, 1.165) is 0 Å². The normalized spacial score (nSPS) is 9.83. The first kappa shape index (κ1) is 12.2. The van der Waals surface area contributed by atoms with E-state index in [-0.39, 0.29) is 5.91 Å². The van der Waals surface area contributed by atoms with Gasteiger partial charge in [0.05, 0.1) is 16.8 Å². The average molecular weight is 261 g/mol. The molecule has 1 aromatic heterocycles. The maximum atomic E-state index is 11.9. The first-order valence-corrected chi connectivity index (χ1v) is 5.54. The van der Waals surface area contributed by atoms with Crippen molar-refractivity contribution in [1.82, 2.24) is 0 Å². The zero-order valence-electron chi connectivity index (χ0n) is 9.53. The first-order valence-electron chi connectivity index (χ1n) is 5.16. The zero-order valence-corrected chi connectivity index (χ0v) is 10.3. The van der Waals surface area contributed by atoms with E-state index in [4.69, 9.17) is 21.3 Å².